The van der Waals surface area contributed by atoms with Crippen molar-refractivity contribution in [2.24, 2.45) is 0 Å². The Morgan fingerprint density at radius 1 is 1.04 bits per heavy atom. The number of halogens is 2. The van der Waals surface area contributed by atoms with E-state index in [1.54, 1.807) is 0 Å². The van der Waals surface area contributed by atoms with Crippen molar-refractivity contribution < 1.29 is 8.78 Å². The largest absolute Gasteiger partial charge is 0.368 e. The molecule has 1 saturated heterocycles. The standard InChI is InChI=1S/C19H21F2N3S/c1-13-4-3-5-18(14(13)2)23-8-10-24(11-9-23)19(25)22-17-7-6-15(20)12-16(17)21/h3-7,12H,8-11H2,1-2H3,(H,22,25). The molecule has 3 nitrogen and oxygen atoms in total. The summed E-state index contributed by atoms with van der Waals surface area (Å²) in [5.74, 6) is -1.24. The van der Waals surface area contributed by atoms with Crippen molar-refractivity contribution in [1.82, 2.24) is 4.90 Å². The number of benzene rings is 2. The number of piperazine rings is 1. The summed E-state index contributed by atoms with van der Waals surface area (Å²) in [6, 6.07) is 9.76. The molecule has 0 aliphatic carbocycles. The fourth-order valence-electron chi connectivity index (χ4n) is 3.01. The van der Waals surface area contributed by atoms with Crippen LogP contribution < -0.4 is 10.2 Å². The summed E-state index contributed by atoms with van der Waals surface area (Å²) in [7, 11) is 0. The SMILES string of the molecule is Cc1cccc(N2CCN(C(=S)Nc3ccc(F)cc3F)CC2)c1C. The van der Waals surface area contributed by atoms with Gasteiger partial charge in [0.25, 0.3) is 0 Å². The van der Waals surface area contributed by atoms with Crippen molar-refractivity contribution in [3.63, 3.8) is 0 Å². The lowest BCUT2D eigenvalue weighted by Gasteiger charge is -2.38. The molecular weight excluding hydrogens is 340 g/mol. The summed E-state index contributed by atoms with van der Waals surface area (Å²) in [4.78, 5) is 4.36. The lowest BCUT2D eigenvalue weighted by Crippen LogP contribution is -2.50. The van der Waals surface area contributed by atoms with Crippen LogP contribution in [-0.4, -0.2) is 36.2 Å². The number of nitrogens with zero attached hydrogens (tertiary/aromatic N) is 2. The number of rotatable bonds is 2. The highest BCUT2D eigenvalue weighted by Crippen LogP contribution is 2.24. The molecule has 0 radical (unpaired) electrons. The lowest BCUT2D eigenvalue weighted by molar-refractivity contribution is 0.390. The van der Waals surface area contributed by atoms with Crippen LogP contribution in [0.3, 0.4) is 0 Å². The van der Waals surface area contributed by atoms with Crippen LogP contribution in [-0.2, 0) is 0 Å². The van der Waals surface area contributed by atoms with E-state index in [0.717, 1.165) is 32.2 Å². The maximum absolute atomic E-state index is 13.8. The summed E-state index contributed by atoms with van der Waals surface area (Å²) in [5.41, 5.74) is 4.03. The van der Waals surface area contributed by atoms with E-state index in [2.05, 4.69) is 42.3 Å². The van der Waals surface area contributed by atoms with Gasteiger partial charge in [-0.15, -0.1) is 0 Å². The summed E-state index contributed by atoms with van der Waals surface area (Å²) >= 11 is 5.39. The van der Waals surface area contributed by atoms with Crippen LogP contribution in [0.2, 0.25) is 0 Å². The molecule has 0 unspecified atom stereocenters. The minimum atomic E-state index is -0.642. The van der Waals surface area contributed by atoms with Crippen LogP contribution in [0, 0.1) is 25.5 Å². The summed E-state index contributed by atoms with van der Waals surface area (Å²) in [6.07, 6.45) is 0. The molecule has 0 bridgehead atoms. The minimum absolute atomic E-state index is 0.198. The van der Waals surface area contributed by atoms with E-state index in [0.29, 0.717) is 5.11 Å². The van der Waals surface area contributed by atoms with Gasteiger partial charge >= 0.3 is 0 Å². The first kappa shape index (κ1) is 17.6. The fraction of sp³-hybridized carbons (Fsp3) is 0.316. The van der Waals surface area contributed by atoms with Crippen LogP contribution in [0.25, 0.3) is 0 Å². The van der Waals surface area contributed by atoms with E-state index >= 15 is 0 Å². The highest BCUT2D eigenvalue weighted by atomic mass is 32.1. The van der Waals surface area contributed by atoms with Gasteiger partial charge in [0.1, 0.15) is 11.6 Å². The van der Waals surface area contributed by atoms with Gasteiger partial charge in [-0.25, -0.2) is 8.78 Å². The third kappa shape index (κ3) is 3.90. The molecule has 132 valence electrons. The molecule has 0 spiro atoms. The maximum atomic E-state index is 13.8. The smallest absolute Gasteiger partial charge is 0.173 e. The second kappa shape index (κ2) is 7.35. The Morgan fingerprint density at radius 3 is 2.44 bits per heavy atom. The second-order valence-electron chi connectivity index (χ2n) is 6.25. The summed E-state index contributed by atoms with van der Waals surface area (Å²) in [6.45, 7) is 7.45. The molecular formula is C19H21F2N3S. The molecule has 3 rings (SSSR count). The van der Waals surface area contributed by atoms with Gasteiger partial charge in [-0.2, -0.15) is 0 Å². The predicted octanol–water partition coefficient (Wildman–Crippen LogP) is 4.10. The predicted molar refractivity (Wildman–Crippen MR) is 102 cm³/mol. The quantitative estimate of drug-likeness (QED) is 0.812. The Kier molecular flexibility index (Phi) is 5.18. The van der Waals surface area contributed by atoms with E-state index in [1.165, 1.54) is 28.9 Å². The number of hydrogen-bond acceptors (Lipinski definition) is 2. The van der Waals surface area contributed by atoms with Crippen molar-refractivity contribution in [3.05, 3.63) is 59.2 Å². The van der Waals surface area contributed by atoms with Crippen LogP contribution in [0.5, 0.6) is 0 Å². The zero-order chi connectivity index (χ0) is 18.0. The molecule has 0 amide bonds. The minimum Gasteiger partial charge on any atom is -0.368 e. The van der Waals surface area contributed by atoms with E-state index in [-0.39, 0.29) is 5.69 Å². The second-order valence-corrected chi connectivity index (χ2v) is 6.63. The highest BCUT2D eigenvalue weighted by Gasteiger charge is 2.21. The van der Waals surface area contributed by atoms with E-state index in [9.17, 15) is 8.78 Å². The molecule has 1 N–H and O–H groups in total. The molecule has 25 heavy (non-hydrogen) atoms. The van der Waals surface area contributed by atoms with Crippen molar-refractivity contribution in [2.75, 3.05) is 36.4 Å². The molecule has 2 aromatic carbocycles. The molecule has 1 aliphatic rings. The Balaban J connectivity index is 1.62. The van der Waals surface area contributed by atoms with Gasteiger partial charge in [-0.3, -0.25) is 0 Å². The molecule has 1 aliphatic heterocycles. The molecule has 0 aromatic heterocycles. The number of aryl methyl sites for hydroxylation is 1. The van der Waals surface area contributed by atoms with Gasteiger partial charge in [-0.1, -0.05) is 12.1 Å². The van der Waals surface area contributed by atoms with Gasteiger partial charge in [0.15, 0.2) is 5.11 Å². The van der Waals surface area contributed by atoms with Crippen molar-refractivity contribution in [1.29, 1.82) is 0 Å². The van der Waals surface area contributed by atoms with E-state index in [1.807, 2.05) is 4.90 Å². The number of anilines is 2. The Hall–Kier alpha value is -2.21. The Bertz CT molecular complexity index is 786. The number of hydrogen-bond donors (Lipinski definition) is 1. The highest BCUT2D eigenvalue weighted by molar-refractivity contribution is 7.80. The molecule has 0 saturated carbocycles. The molecule has 6 heteroatoms. The first-order chi connectivity index (χ1) is 12.0. The van der Waals surface area contributed by atoms with E-state index < -0.39 is 11.6 Å². The Labute approximate surface area is 152 Å². The molecule has 2 aromatic rings. The van der Waals surface area contributed by atoms with Crippen LogP contribution in [0.1, 0.15) is 11.1 Å². The average molecular weight is 361 g/mol. The van der Waals surface area contributed by atoms with Crippen molar-refractivity contribution in [3.8, 4) is 0 Å². The Morgan fingerprint density at radius 2 is 1.76 bits per heavy atom. The number of thiocarbonyl (C=S) groups is 1. The van der Waals surface area contributed by atoms with Gasteiger partial charge in [-0.05, 0) is 55.4 Å². The summed E-state index contributed by atoms with van der Waals surface area (Å²) < 4.78 is 26.7. The maximum Gasteiger partial charge on any atom is 0.173 e. The van der Waals surface area contributed by atoms with Gasteiger partial charge in [0.2, 0.25) is 0 Å². The lowest BCUT2D eigenvalue weighted by atomic mass is 10.1. The first-order valence-electron chi connectivity index (χ1n) is 8.28. The van der Waals surface area contributed by atoms with Crippen LogP contribution in [0.15, 0.2) is 36.4 Å². The zero-order valence-electron chi connectivity index (χ0n) is 14.4. The summed E-state index contributed by atoms with van der Waals surface area (Å²) in [5, 5.41) is 3.34. The van der Waals surface area contributed by atoms with Crippen molar-refractivity contribution >= 4 is 28.7 Å². The van der Waals surface area contributed by atoms with Crippen LogP contribution in [0.4, 0.5) is 20.2 Å². The zero-order valence-corrected chi connectivity index (χ0v) is 15.2. The van der Waals surface area contributed by atoms with Crippen molar-refractivity contribution in [2.45, 2.75) is 13.8 Å². The molecule has 0 atom stereocenters. The third-order valence-electron chi connectivity index (χ3n) is 4.66. The molecule has 1 heterocycles. The third-order valence-corrected chi connectivity index (χ3v) is 5.02. The topological polar surface area (TPSA) is 18.5 Å². The number of nitrogens with one attached hydrogen (secondary N) is 1. The monoisotopic (exact) mass is 361 g/mol. The van der Waals surface area contributed by atoms with Gasteiger partial charge in [0, 0.05) is 37.9 Å². The van der Waals surface area contributed by atoms with Crippen LogP contribution >= 0.6 is 12.2 Å². The normalized spacial score (nSPS) is 14.6. The van der Waals surface area contributed by atoms with Gasteiger partial charge in [0.05, 0.1) is 5.69 Å². The van der Waals surface area contributed by atoms with E-state index in [4.69, 9.17) is 12.2 Å². The first-order valence-corrected chi connectivity index (χ1v) is 8.68. The molecule has 1 fully saturated rings. The fourth-order valence-corrected chi connectivity index (χ4v) is 3.31. The van der Waals surface area contributed by atoms with Gasteiger partial charge < -0.3 is 15.1 Å². The average Bonchev–Trinajstić information content (AvgIpc) is 2.60.